The fourth-order valence-corrected chi connectivity index (χ4v) is 9.59. The molecule has 0 aromatic heterocycles. The average Bonchev–Trinajstić information content (AvgIpc) is 3.78. The van der Waals surface area contributed by atoms with Crippen LogP contribution in [-0.4, -0.2) is 63.7 Å². The number of aryl methyl sites for hydroxylation is 1. The molecule has 5 atom stereocenters. The molecule has 2 aromatic rings. The first-order chi connectivity index (χ1) is 21.4. The quantitative estimate of drug-likeness (QED) is 0.192. The van der Waals surface area contributed by atoms with Crippen molar-refractivity contribution in [3.63, 3.8) is 0 Å². The Morgan fingerprint density at radius 2 is 1.82 bits per heavy atom. The number of carbonyl (C=O) groups is 1. The summed E-state index contributed by atoms with van der Waals surface area (Å²) in [7, 11) is 0. The van der Waals surface area contributed by atoms with Gasteiger partial charge in [-0.2, -0.15) is 0 Å². The standard InChI is InChI=1S/C38H52N2O4/c1-25(2)23-40(34(42)14-10-5-3-4-7-11-26-12-8-6-9-13-26)30-18-17-29-31-21-28-35-33(22-32(41)36(28)43)44-37(30)38(29,35)19-20-39(31)24-27-15-16-27/h6,8-9,12-13,22,25,27,29-31,37,41,43H,3-5,7,10-11,14-21,23-24H2,1-2H3/t29-,30+,31+,37-,38-/m0/s1. The smallest absolute Gasteiger partial charge is 0.222 e. The zero-order chi connectivity index (χ0) is 30.4. The number of hydrogen-bond donors (Lipinski definition) is 2. The summed E-state index contributed by atoms with van der Waals surface area (Å²) in [5.74, 6) is 2.64. The van der Waals surface area contributed by atoms with Crippen LogP contribution in [0.2, 0.25) is 0 Å². The third kappa shape index (κ3) is 5.39. The lowest BCUT2D eigenvalue weighted by atomic mass is 9.50. The van der Waals surface area contributed by atoms with Gasteiger partial charge in [-0.05, 0) is 87.6 Å². The second-order valence-electron chi connectivity index (χ2n) is 15.1. The minimum atomic E-state index is -0.198. The number of phenols is 2. The van der Waals surface area contributed by atoms with Gasteiger partial charge in [0.05, 0.1) is 6.04 Å². The largest absolute Gasteiger partial charge is 0.504 e. The summed E-state index contributed by atoms with van der Waals surface area (Å²) in [6.45, 7) is 7.37. The molecule has 3 aliphatic carbocycles. The highest BCUT2D eigenvalue weighted by Crippen LogP contribution is 2.65. The van der Waals surface area contributed by atoms with Crippen LogP contribution in [0, 0.1) is 17.8 Å². The lowest BCUT2D eigenvalue weighted by Gasteiger charge is -2.60. The Morgan fingerprint density at radius 3 is 2.59 bits per heavy atom. The molecule has 2 bridgehead atoms. The Labute approximate surface area is 263 Å². The van der Waals surface area contributed by atoms with Crippen LogP contribution >= 0.6 is 0 Å². The number of phenolic OH excluding ortho intramolecular Hbond substituents is 2. The molecule has 0 unspecified atom stereocenters. The molecule has 1 spiro atoms. The summed E-state index contributed by atoms with van der Waals surface area (Å²) in [5.41, 5.74) is 3.27. The summed E-state index contributed by atoms with van der Waals surface area (Å²) in [6.07, 6.45) is 13.7. The van der Waals surface area contributed by atoms with E-state index in [9.17, 15) is 15.0 Å². The normalized spacial score (nSPS) is 28.5. The van der Waals surface area contributed by atoms with Crippen molar-refractivity contribution in [2.45, 2.75) is 121 Å². The highest BCUT2D eigenvalue weighted by molar-refractivity contribution is 5.77. The summed E-state index contributed by atoms with van der Waals surface area (Å²) in [6, 6.07) is 12.7. The van der Waals surface area contributed by atoms with E-state index < -0.39 is 0 Å². The van der Waals surface area contributed by atoms with E-state index in [0.717, 1.165) is 87.4 Å². The van der Waals surface area contributed by atoms with Crippen LogP contribution in [0.15, 0.2) is 36.4 Å². The van der Waals surface area contributed by atoms with Crippen molar-refractivity contribution in [3.8, 4) is 17.2 Å². The van der Waals surface area contributed by atoms with Crippen LogP contribution in [0.1, 0.15) is 101 Å². The Balaban J connectivity index is 1.06. The first kappa shape index (κ1) is 30.0. The predicted molar refractivity (Wildman–Crippen MR) is 173 cm³/mol. The van der Waals surface area contributed by atoms with Gasteiger partial charge in [0.15, 0.2) is 11.5 Å². The molecule has 2 N–H and O–H groups in total. The molecule has 6 nitrogen and oxygen atoms in total. The van der Waals surface area contributed by atoms with Gasteiger partial charge in [-0.25, -0.2) is 0 Å². The zero-order valence-electron chi connectivity index (χ0n) is 26.8. The van der Waals surface area contributed by atoms with Crippen molar-refractivity contribution >= 4 is 5.91 Å². The van der Waals surface area contributed by atoms with E-state index in [2.05, 4.69) is 54.0 Å². The maximum Gasteiger partial charge on any atom is 0.222 e. The molecule has 44 heavy (non-hydrogen) atoms. The second-order valence-corrected chi connectivity index (χ2v) is 15.1. The van der Waals surface area contributed by atoms with Gasteiger partial charge >= 0.3 is 0 Å². The van der Waals surface area contributed by atoms with Gasteiger partial charge in [-0.3, -0.25) is 9.69 Å². The molecule has 5 aliphatic rings. The molecule has 1 amide bonds. The number of amides is 1. The fraction of sp³-hybridized carbons (Fsp3) is 0.658. The highest BCUT2D eigenvalue weighted by atomic mass is 16.5. The number of unbranched alkanes of at least 4 members (excludes halogenated alkanes) is 4. The number of benzene rings is 2. The van der Waals surface area contributed by atoms with Gasteiger partial charge in [0.25, 0.3) is 0 Å². The van der Waals surface area contributed by atoms with Gasteiger partial charge in [0.2, 0.25) is 5.91 Å². The van der Waals surface area contributed by atoms with Crippen LogP contribution in [0.5, 0.6) is 17.2 Å². The summed E-state index contributed by atoms with van der Waals surface area (Å²) in [5, 5.41) is 21.9. The first-order valence-corrected chi connectivity index (χ1v) is 17.7. The van der Waals surface area contributed by atoms with E-state index in [-0.39, 0.29) is 35.0 Å². The molecule has 2 aromatic carbocycles. The van der Waals surface area contributed by atoms with Crippen molar-refractivity contribution in [1.82, 2.24) is 9.80 Å². The van der Waals surface area contributed by atoms with E-state index in [1.165, 1.54) is 37.7 Å². The van der Waals surface area contributed by atoms with E-state index in [1.807, 2.05) is 0 Å². The van der Waals surface area contributed by atoms with Gasteiger partial charge in [0.1, 0.15) is 11.9 Å². The predicted octanol–water partition coefficient (Wildman–Crippen LogP) is 6.98. The van der Waals surface area contributed by atoms with Gasteiger partial charge in [0, 0.05) is 48.2 Å². The Hall–Kier alpha value is -2.73. The van der Waals surface area contributed by atoms with Crippen LogP contribution in [0.4, 0.5) is 0 Å². The number of carbonyl (C=O) groups excluding carboxylic acids is 1. The molecule has 7 rings (SSSR count). The van der Waals surface area contributed by atoms with E-state index in [0.29, 0.717) is 24.3 Å². The molecule has 2 heterocycles. The minimum Gasteiger partial charge on any atom is -0.504 e. The third-order valence-corrected chi connectivity index (χ3v) is 11.7. The van der Waals surface area contributed by atoms with Crippen LogP contribution in [0.3, 0.4) is 0 Å². The maximum atomic E-state index is 14.0. The summed E-state index contributed by atoms with van der Waals surface area (Å²) in [4.78, 5) is 18.9. The Kier molecular flexibility index (Phi) is 8.32. The number of piperidine rings is 1. The first-order valence-electron chi connectivity index (χ1n) is 17.7. The van der Waals surface area contributed by atoms with Gasteiger partial charge < -0.3 is 19.8 Å². The highest BCUT2D eigenvalue weighted by Gasteiger charge is 2.67. The Bertz CT molecular complexity index is 1340. The molecule has 238 valence electrons. The summed E-state index contributed by atoms with van der Waals surface area (Å²) < 4.78 is 6.89. The SMILES string of the molecule is CC(C)CN(C(=O)CCCCCCCc1ccccc1)[C@@H]1CC[C@H]2[C@H]3Cc4c(O)c(O)cc5c4[C@@]2(CCN3CC2CC2)[C@H]1O5. The zero-order valence-corrected chi connectivity index (χ0v) is 26.8. The minimum absolute atomic E-state index is 0.0188. The molecular formula is C38H52N2O4. The molecule has 0 radical (unpaired) electrons. The van der Waals surface area contributed by atoms with Crippen molar-refractivity contribution in [3.05, 3.63) is 53.1 Å². The number of rotatable bonds is 13. The Morgan fingerprint density at radius 1 is 1.05 bits per heavy atom. The van der Waals surface area contributed by atoms with Crippen LogP contribution in [-0.2, 0) is 23.1 Å². The average molecular weight is 601 g/mol. The molecular weight excluding hydrogens is 548 g/mol. The second kappa shape index (κ2) is 12.2. The van der Waals surface area contributed by atoms with Crippen LogP contribution < -0.4 is 4.74 Å². The number of nitrogens with zero attached hydrogens (tertiary/aromatic N) is 2. The lowest BCUT2D eigenvalue weighted by Crippen LogP contribution is -2.69. The van der Waals surface area contributed by atoms with Gasteiger partial charge in [-0.1, -0.05) is 63.4 Å². The van der Waals surface area contributed by atoms with Gasteiger partial charge in [-0.15, -0.1) is 0 Å². The number of hydrogen-bond acceptors (Lipinski definition) is 5. The lowest BCUT2D eigenvalue weighted by molar-refractivity contribution is -0.143. The monoisotopic (exact) mass is 600 g/mol. The molecule has 2 saturated carbocycles. The van der Waals surface area contributed by atoms with E-state index >= 15 is 0 Å². The van der Waals surface area contributed by atoms with Crippen molar-refractivity contribution < 1.29 is 19.7 Å². The summed E-state index contributed by atoms with van der Waals surface area (Å²) >= 11 is 0. The third-order valence-electron chi connectivity index (χ3n) is 11.7. The van der Waals surface area contributed by atoms with E-state index in [1.54, 1.807) is 6.07 Å². The molecule has 6 heteroatoms. The van der Waals surface area contributed by atoms with Crippen molar-refractivity contribution in [2.24, 2.45) is 17.8 Å². The number of likely N-dealkylation sites (tertiary alicyclic amines) is 1. The van der Waals surface area contributed by atoms with Crippen molar-refractivity contribution in [1.29, 1.82) is 0 Å². The maximum absolute atomic E-state index is 14.0. The fourth-order valence-electron chi connectivity index (χ4n) is 9.59. The molecule has 2 aliphatic heterocycles. The molecule has 3 fully saturated rings. The van der Waals surface area contributed by atoms with E-state index in [4.69, 9.17) is 4.74 Å². The number of aromatic hydroxyl groups is 2. The molecule has 1 saturated heterocycles. The van der Waals surface area contributed by atoms with Crippen molar-refractivity contribution in [2.75, 3.05) is 19.6 Å². The number of ether oxygens (including phenoxy) is 1. The van der Waals surface area contributed by atoms with Crippen LogP contribution in [0.25, 0.3) is 0 Å². The topological polar surface area (TPSA) is 73.2 Å².